The van der Waals surface area contributed by atoms with Gasteiger partial charge in [-0.3, -0.25) is 0 Å². The van der Waals surface area contributed by atoms with E-state index in [-0.39, 0.29) is 0 Å². The van der Waals surface area contributed by atoms with Crippen LogP contribution in [0.15, 0.2) is 42.9 Å². The number of aromatic nitrogens is 3. The first-order chi connectivity index (χ1) is 9.33. The molecule has 0 saturated carbocycles. The molecule has 0 radical (unpaired) electrons. The molecule has 3 rings (SSSR count). The molecule has 2 heterocycles. The zero-order valence-corrected chi connectivity index (χ0v) is 10.7. The molecule has 0 unspecified atom stereocenters. The summed E-state index contributed by atoms with van der Waals surface area (Å²) in [6.45, 7) is 0. The first-order valence-electron chi connectivity index (χ1n) is 5.84. The van der Waals surface area contributed by atoms with Crippen molar-refractivity contribution in [2.45, 2.75) is 0 Å². The van der Waals surface area contributed by atoms with Crippen LogP contribution in [0.1, 0.15) is 0 Å². The van der Waals surface area contributed by atoms with Gasteiger partial charge in [0.15, 0.2) is 17.3 Å². The number of hydrogen-bond acceptors (Lipinski definition) is 4. The Morgan fingerprint density at radius 3 is 2.53 bits per heavy atom. The van der Waals surface area contributed by atoms with Gasteiger partial charge in [-0.15, -0.1) is 0 Å². The number of pyridine rings is 1. The normalized spacial score (nSPS) is 10.6. The smallest absolute Gasteiger partial charge is 0.161 e. The maximum atomic E-state index is 5.33. The Bertz CT molecular complexity index is 708. The fraction of sp³-hybridized carbons (Fsp3) is 0.143. The van der Waals surface area contributed by atoms with Crippen molar-refractivity contribution in [2.24, 2.45) is 0 Å². The van der Waals surface area contributed by atoms with Gasteiger partial charge in [-0.2, -0.15) is 5.10 Å². The molecule has 19 heavy (non-hydrogen) atoms. The quantitative estimate of drug-likeness (QED) is 0.721. The second kappa shape index (κ2) is 4.61. The molecule has 0 fully saturated rings. The van der Waals surface area contributed by atoms with E-state index in [0.717, 1.165) is 16.6 Å². The fourth-order valence-corrected chi connectivity index (χ4v) is 2.06. The van der Waals surface area contributed by atoms with Gasteiger partial charge in [-0.25, -0.2) is 9.67 Å². The topological polar surface area (TPSA) is 49.2 Å². The van der Waals surface area contributed by atoms with Crippen molar-refractivity contribution in [3.63, 3.8) is 0 Å². The van der Waals surface area contributed by atoms with E-state index in [9.17, 15) is 0 Å². The third-order valence-electron chi connectivity index (χ3n) is 2.97. The standard InChI is InChI=1S/C14H13N3O2/c1-18-12-8-10-4-6-15-14(17-7-3-5-16-17)11(10)9-13(12)19-2/h3-9H,1-2H3. The van der Waals surface area contributed by atoms with Gasteiger partial charge in [0.2, 0.25) is 0 Å². The van der Waals surface area contributed by atoms with Crippen LogP contribution in [-0.4, -0.2) is 29.0 Å². The zero-order valence-electron chi connectivity index (χ0n) is 10.7. The molecule has 0 bridgehead atoms. The predicted octanol–water partition coefficient (Wildman–Crippen LogP) is 2.44. The number of methoxy groups -OCH3 is 2. The molecule has 0 aliphatic heterocycles. The Labute approximate surface area is 110 Å². The van der Waals surface area contributed by atoms with Gasteiger partial charge >= 0.3 is 0 Å². The molecule has 0 aliphatic carbocycles. The first-order valence-corrected chi connectivity index (χ1v) is 5.84. The van der Waals surface area contributed by atoms with E-state index in [1.54, 1.807) is 31.3 Å². The summed E-state index contributed by atoms with van der Waals surface area (Å²) in [5.74, 6) is 2.15. The minimum atomic E-state index is 0.677. The number of ether oxygens (including phenoxy) is 2. The summed E-state index contributed by atoms with van der Waals surface area (Å²) in [6, 6.07) is 7.65. The lowest BCUT2D eigenvalue weighted by atomic mass is 10.1. The van der Waals surface area contributed by atoms with Crippen LogP contribution >= 0.6 is 0 Å². The van der Waals surface area contributed by atoms with Crippen LogP contribution in [-0.2, 0) is 0 Å². The van der Waals surface area contributed by atoms with Crippen molar-refractivity contribution in [3.05, 3.63) is 42.9 Å². The van der Waals surface area contributed by atoms with Gasteiger partial charge in [0.1, 0.15) is 0 Å². The average molecular weight is 255 g/mol. The summed E-state index contributed by atoms with van der Waals surface area (Å²) < 4.78 is 12.4. The summed E-state index contributed by atoms with van der Waals surface area (Å²) in [7, 11) is 3.24. The molecule has 5 heteroatoms. The van der Waals surface area contributed by atoms with Gasteiger partial charge < -0.3 is 9.47 Å². The predicted molar refractivity (Wildman–Crippen MR) is 72.0 cm³/mol. The molecule has 0 atom stereocenters. The van der Waals surface area contributed by atoms with E-state index < -0.39 is 0 Å². The van der Waals surface area contributed by atoms with Crippen molar-refractivity contribution in [1.29, 1.82) is 0 Å². The Morgan fingerprint density at radius 1 is 1.05 bits per heavy atom. The Hall–Kier alpha value is -2.56. The maximum Gasteiger partial charge on any atom is 0.161 e. The summed E-state index contributed by atoms with van der Waals surface area (Å²) >= 11 is 0. The van der Waals surface area contributed by atoms with Crippen molar-refractivity contribution in [3.8, 4) is 17.3 Å². The molecule has 0 aliphatic rings. The van der Waals surface area contributed by atoms with Crippen LogP contribution in [0.5, 0.6) is 11.5 Å². The van der Waals surface area contributed by atoms with Crippen molar-refractivity contribution in [2.75, 3.05) is 14.2 Å². The lowest BCUT2D eigenvalue weighted by Crippen LogP contribution is -1.99. The number of benzene rings is 1. The van der Waals surface area contributed by atoms with E-state index in [4.69, 9.17) is 9.47 Å². The van der Waals surface area contributed by atoms with E-state index in [1.807, 2.05) is 30.5 Å². The molecule has 5 nitrogen and oxygen atoms in total. The highest BCUT2D eigenvalue weighted by Gasteiger charge is 2.10. The van der Waals surface area contributed by atoms with Crippen LogP contribution in [0.25, 0.3) is 16.6 Å². The first kappa shape index (κ1) is 11.5. The van der Waals surface area contributed by atoms with Crippen LogP contribution in [0.3, 0.4) is 0 Å². The molecule has 1 aromatic carbocycles. The third kappa shape index (κ3) is 1.89. The van der Waals surface area contributed by atoms with Crippen LogP contribution in [0, 0.1) is 0 Å². The van der Waals surface area contributed by atoms with E-state index in [0.29, 0.717) is 11.5 Å². The zero-order chi connectivity index (χ0) is 13.2. The molecular formula is C14H13N3O2. The lowest BCUT2D eigenvalue weighted by molar-refractivity contribution is 0.356. The second-order valence-electron chi connectivity index (χ2n) is 4.01. The summed E-state index contributed by atoms with van der Waals surface area (Å²) in [4.78, 5) is 4.38. The molecular weight excluding hydrogens is 242 g/mol. The van der Waals surface area contributed by atoms with Gasteiger partial charge in [0.25, 0.3) is 0 Å². The van der Waals surface area contributed by atoms with Crippen molar-refractivity contribution in [1.82, 2.24) is 14.8 Å². The van der Waals surface area contributed by atoms with Gasteiger partial charge in [0.05, 0.1) is 14.2 Å². The molecule has 0 amide bonds. The van der Waals surface area contributed by atoms with Crippen LogP contribution in [0.2, 0.25) is 0 Å². The molecule has 96 valence electrons. The summed E-state index contributed by atoms with van der Waals surface area (Å²) in [5, 5.41) is 6.20. The van der Waals surface area contributed by atoms with E-state index in [1.165, 1.54) is 0 Å². The van der Waals surface area contributed by atoms with Crippen molar-refractivity contribution >= 4 is 10.8 Å². The number of nitrogens with zero attached hydrogens (tertiary/aromatic N) is 3. The SMILES string of the molecule is COc1cc2ccnc(-n3cccn3)c2cc1OC. The fourth-order valence-electron chi connectivity index (χ4n) is 2.06. The molecule has 3 aromatic rings. The number of rotatable bonds is 3. The van der Waals surface area contributed by atoms with E-state index >= 15 is 0 Å². The lowest BCUT2D eigenvalue weighted by Gasteiger charge is -2.11. The Morgan fingerprint density at radius 2 is 1.84 bits per heavy atom. The van der Waals surface area contributed by atoms with Crippen LogP contribution in [0.4, 0.5) is 0 Å². The molecule has 0 N–H and O–H groups in total. The monoisotopic (exact) mass is 255 g/mol. The maximum absolute atomic E-state index is 5.33. The molecule has 2 aromatic heterocycles. The largest absolute Gasteiger partial charge is 0.493 e. The highest BCUT2D eigenvalue weighted by atomic mass is 16.5. The highest BCUT2D eigenvalue weighted by Crippen LogP contribution is 2.33. The van der Waals surface area contributed by atoms with Gasteiger partial charge in [-0.1, -0.05) is 0 Å². The van der Waals surface area contributed by atoms with Crippen molar-refractivity contribution < 1.29 is 9.47 Å². The molecule has 0 saturated heterocycles. The van der Waals surface area contributed by atoms with Gasteiger partial charge in [0, 0.05) is 24.0 Å². The van der Waals surface area contributed by atoms with Gasteiger partial charge in [-0.05, 0) is 29.7 Å². The summed E-state index contributed by atoms with van der Waals surface area (Å²) in [5.41, 5.74) is 0. The molecule has 0 spiro atoms. The number of fused-ring (bicyclic) bond motifs is 1. The Kier molecular flexibility index (Phi) is 2.79. The average Bonchev–Trinajstić information content (AvgIpc) is 2.99. The van der Waals surface area contributed by atoms with E-state index in [2.05, 4.69) is 10.1 Å². The summed E-state index contributed by atoms with van der Waals surface area (Å²) in [6.07, 6.45) is 5.34. The van der Waals surface area contributed by atoms with Crippen LogP contribution < -0.4 is 9.47 Å². The minimum Gasteiger partial charge on any atom is -0.493 e. The Balaban J connectivity index is 2.30. The number of hydrogen-bond donors (Lipinski definition) is 0. The third-order valence-corrected chi connectivity index (χ3v) is 2.97. The second-order valence-corrected chi connectivity index (χ2v) is 4.01. The minimum absolute atomic E-state index is 0.677. The highest BCUT2D eigenvalue weighted by molar-refractivity contribution is 5.91.